The van der Waals surface area contributed by atoms with Gasteiger partial charge >= 0.3 is 6.09 Å². The summed E-state index contributed by atoms with van der Waals surface area (Å²) in [4.78, 5) is 19.6. The highest BCUT2D eigenvalue weighted by atomic mass is 19.1. The number of imidazole rings is 1. The number of carbonyl (C=O) groups is 1. The van der Waals surface area contributed by atoms with Crippen LogP contribution in [0.2, 0.25) is 0 Å². The second kappa shape index (κ2) is 9.72. The van der Waals surface area contributed by atoms with E-state index in [4.69, 9.17) is 4.74 Å². The van der Waals surface area contributed by atoms with Crippen LogP contribution in [0, 0.1) is 5.82 Å². The molecule has 8 nitrogen and oxygen atoms in total. The Balaban J connectivity index is 1.76. The Morgan fingerprint density at radius 1 is 1.25 bits per heavy atom. The number of nitrogens with zero attached hydrogens (tertiary/aromatic N) is 3. The van der Waals surface area contributed by atoms with Crippen molar-refractivity contribution in [1.29, 1.82) is 0 Å². The average molecular weight is 390 g/mol. The zero-order chi connectivity index (χ0) is 20.6. The normalized spacial score (nSPS) is 11.8. The fraction of sp³-hybridized carbons (Fsp3) is 0.421. The summed E-state index contributed by atoms with van der Waals surface area (Å²) in [6.45, 7) is 6.67. The SMILES string of the molecule is CN=C(NCCNC(=O)OC(C)(C)C)NCc1ccc(-n2ccnc2)c(F)c1. The lowest BCUT2D eigenvalue weighted by atomic mass is 10.2. The molecular weight excluding hydrogens is 363 g/mol. The van der Waals surface area contributed by atoms with E-state index in [1.54, 1.807) is 57.2 Å². The van der Waals surface area contributed by atoms with E-state index >= 15 is 0 Å². The summed E-state index contributed by atoms with van der Waals surface area (Å²) < 4.78 is 21.1. The molecule has 1 aromatic carbocycles. The van der Waals surface area contributed by atoms with E-state index in [1.165, 1.54) is 6.07 Å². The van der Waals surface area contributed by atoms with Crippen molar-refractivity contribution in [2.24, 2.45) is 4.99 Å². The molecule has 152 valence electrons. The summed E-state index contributed by atoms with van der Waals surface area (Å²) in [7, 11) is 1.64. The maximum absolute atomic E-state index is 14.3. The van der Waals surface area contributed by atoms with Crippen LogP contribution in [-0.4, -0.2) is 47.3 Å². The Morgan fingerprint density at radius 3 is 2.61 bits per heavy atom. The van der Waals surface area contributed by atoms with Gasteiger partial charge in [0.1, 0.15) is 11.4 Å². The van der Waals surface area contributed by atoms with Crippen LogP contribution in [0.1, 0.15) is 26.3 Å². The van der Waals surface area contributed by atoms with Crippen molar-refractivity contribution in [3.8, 4) is 5.69 Å². The molecule has 1 aromatic heterocycles. The van der Waals surface area contributed by atoms with Gasteiger partial charge in [-0.3, -0.25) is 4.99 Å². The van der Waals surface area contributed by atoms with Crippen molar-refractivity contribution in [2.75, 3.05) is 20.1 Å². The molecule has 0 fully saturated rings. The molecule has 1 heterocycles. The lowest BCUT2D eigenvalue weighted by molar-refractivity contribution is 0.0529. The Morgan fingerprint density at radius 2 is 2.00 bits per heavy atom. The highest BCUT2D eigenvalue weighted by molar-refractivity contribution is 5.79. The molecule has 2 rings (SSSR count). The zero-order valence-corrected chi connectivity index (χ0v) is 16.6. The maximum atomic E-state index is 14.3. The minimum atomic E-state index is -0.530. The molecule has 0 unspecified atom stereocenters. The van der Waals surface area contributed by atoms with Crippen LogP contribution < -0.4 is 16.0 Å². The summed E-state index contributed by atoms with van der Waals surface area (Å²) in [6, 6.07) is 5.01. The standard InChI is InChI=1S/C19H27FN6O2/c1-19(2,3)28-18(27)24-8-7-23-17(21-4)25-12-14-5-6-16(15(20)11-14)26-10-9-22-13-26/h5-6,9-11,13H,7-8,12H2,1-4H3,(H,24,27)(H2,21,23,25). The van der Waals surface area contributed by atoms with Crippen molar-refractivity contribution < 1.29 is 13.9 Å². The first-order valence-electron chi connectivity index (χ1n) is 8.96. The van der Waals surface area contributed by atoms with Crippen LogP contribution in [0.4, 0.5) is 9.18 Å². The fourth-order valence-corrected chi connectivity index (χ4v) is 2.34. The number of aromatic nitrogens is 2. The zero-order valence-electron chi connectivity index (χ0n) is 16.6. The molecule has 0 saturated carbocycles. The van der Waals surface area contributed by atoms with Gasteiger partial charge in [0.05, 0.1) is 12.0 Å². The van der Waals surface area contributed by atoms with Gasteiger partial charge in [0.25, 0.3) is 0 Å². The number of halogens is 1. The third-order valence-electron chi connectivity index (χ3n) is 3.56. The van der Waals surface area contributed by atoms with E-state index in [0.717, 1.165) is 5.56 Å². The van der Waals surface area contributed by atoms with Gasteiger partial charge in [-0.2, -0.15) is 0 Å². The van der Waals surface area contributed by atoms with E-state index in [0.29, 0.717) is 31.3 Å². The average Bonchev–Trinajstić information content (AvgIpc) is 3.14. The lowest BCUT2D eigenvalue weighted by Crippen LogP contribution is -2.42. The van der Waals surface area contributed by atoms with Gasteiger partial charge in [0, 0.05) is 39.1 Å². The first-order valence-corrected chi connectivity index (χ1v) is 8.96. The summed E-state index contributed by atoms with van der Waals surface area (Å²) in [5, 5.41) is 8.83. The van der Waals surface area contributed by atoms with Crippen molar-refractivity contribution in [1.82, 2.24) is 25.5 Å². The topological polar surface area (TPSA) is 92.6 Å². The summed E-state index contributed by atoms with van der Waals surface area (Å²) in [5.74, 6) is 0.215. The van der Waals surface area contributed by atoms with Crippen LogP contribution in [0.25, 0.3) is 5.69 Å². The van der Waals surface area contributed by atoms with E-state index < -0.39 is 11.7 Å². The third-order valence-corrected chi connectivity index (χ3v) is 3.56. The molecule has 0 aliphatic rings. The molecule has 0 spiro atoms. The van der Waals surface area contributed by atoms with Gasteiger partial charge in [0.15, 0.2) is 5.96 Å². The number of nitrogens with one attached hydrogen (secondary N) is 3. The Labute approximate surface area is 164 Å². The first kappa shape index (κ1) is 21.2. The molecule has 0 bridgehead atoms. The summed E-state index contributed by atoms with van der Waals surface area (Å²) >= 11 is 0. The molecule has 0 saturated heterocycles. The van der Waals surface area contributed by atoms with Gasteiger partial charge in [-0.05, 0) is 38.5 Å². The van der Waals surface area contributed by atoms with Gasteiger partial charge in [-0.15, -0.1) is 0 Å². The molecule has 1 amide bonds. The summed E-state index contributed by atoms with van der Waals surface area (Å²) in [5.41, 5.74) is 0.686. The summed E-state index contributed by atoms with van der Waals surface area (Å²) in [6.07, 6.45) is 4.37. The maximum Gasteiger partial charge on any atom is 0.407 e. The van der Waals surface area contributed by atoms with Crippen molar-refractivity contribution >= 4 is 12.1 Å². The monoisotopic (exact) mass is 390 g/mol. The van der Waals surface area contributed by atoms with Crippen LogP contribution in [0.3, 0.4) is 0 Å². The highest BCUT2D eigenvalue weighted by Crippen LogP contribution is 2.14. The molecule has 0 aliphatic carbocycles. The lowest BCUT2D eigenvalue weighted by Gasteiger charge is -2.20. The molecule has 28 heavy (non-hydrogen) atoms. The number of alkyl carbamates (subject to hydrolysis) is 1. The quantitative estimate of drug-likeness (QED) is 0.400. The number of hydrogen-bond acceptors (Lipinski definition) is 4. The first-order chi connectivity index (χ1) is 13.3. The van der Waals surface area contributed by atoms with Crippen LogP contribution in [-0.2, 0) is 11.3 Å². The Hall–Kier alpha value is -3.10. The number of benzene rings is 1. The Kier molecular flexibility index (Phi) is 7.36. The Bertz CT molecular complexity index is 799. The number of aliphatic imine (C=N–C) groups is 1. The molecule has 0 radical (unpaired) electrons. The van der Waals surface area contributed by atoms with Gasteiger partial charge in [-0.25, -0.2) is 14.2 Å². The number of hydrogen-bond donors (Lipinski definition) is 3. The van der Waals surface area contributed by atoms with E-state index in [9.17, 15) is 9.18 Å². The molecular formula is C19H27FN6O2. The largest absolute Gasteiger partial charge is 0.444 e. The van der Waals surface area contributed by atoms with Gasteiger partial charge in [0.2, 0.25) is 0 Å². The van der Waals surface area contributed by atoms with Crippen LogP contribution >= 0.6 is 0 Å². The number of guanidine groups is 1. The van der Waals surface area contributed by atoms with E-state index in [-0.39, 0.29) is 5.82 Å². The van der Waals surface area contributed by atoms with Crippen molar-refractivity contribution in [3.63, 3.8) is 0 Å². The van der Waals surface area contributed by atoms with E-state index in [2.05, 4.69) is 25.9 Å². The number of carbonyl (C=O) groups excluding carboxylic acids is 1. The second-order valence-electron chi connectivity index (χ2n) is 7.04. The predicted molar refractivity (Wildman–Crippen MR) is 106 cm³/mol. The third kappa shape index (κ3) is 6.90. The number of rotatable bonds is 6. The van der Waals surface area contributed by atoms with Crippen LogP contribution in [0.5, 0.6) is 0 Å². The molecule has 0 aliphatic heterocycles. The minimum Gasteiger partial charge on any atom is -0.444 e. The highest BCUT2D eigenvalue weighted by Gasteiger charge is 2.15. The van der Waals surface area contributed by atoms with Crippen molar-refractivity contribution in [2.45, 2.75) is 32.9 Å². The van der Waals surface area contributed by atoms with Gasteiger partial charge < -0.3 is 25.3 Å². The minimum absolute atomic E-state index is 0.332. The molecule has 3 N–H and O–H groups in total. The second-order valence-corrected chi connectivity index (χ2v) is 7.04. The number of ether oxygens (including phenoxy) is 1. The van der Waals surface area contributed by atoms with E-state index in [1.807, 2.05) is 6.07 Å². The van der Waals surface area contributed by atoms with Crippen LogP contribution in [0.15, 0.2) is 41.9 Å². The van der Waals surface area contributed by atoms with Gasteiger partial charge in [-0.1, -0.05) is 6.07 Å². The fourth-order valence-electron chi connectivity index (χ4n) is 2.34. The molecule has 0 atom stereocenters. The molecule has 9 heteroatoms. The van der Waals surface area contributed by atoms with Crippen molar-refractivity contribution in [3.05, 3.63) is 48.3 Å². The predicted octanol–water partition coefficient (Wildman–Crippen LogP) is 2.20. The molecule has 2 aromatic rings. The smallest absolute Gasteiger partial charge is 0.407 e. The number of amides is 1.